The van der Waals surface area contributed by atoms with Crippen LogP contribution >= 0.6 is 0 Å². The molecule has 1 amide bonds. The Balaban J connectivity index is 1.55. The molecule has 1 aromatic rings. The summed E-state index contributed by atoms with van der Waals surface area (Å²) in [7, 11) is 0. The number of rotatable bonds is 6. The van der Waals surface area contributed by atoms with Crippen molar-refractivity contribution in [2.24, 2.45) is 5.92 Å². The summed E-state index contributed by atoms with van der Waals surface area (Å²) in [5, 5.41) is 21.5. The van der Waals surface area contributed by atoms with Crippen molar-refractivity contribution in [2.75, 3.05) is 31.6 Å². The normalized spacial score (nSPS) is 20.0. The molecule has 0 radical (unpaired) electrons. The van der Waals surface area contributed by atoms with E-state index in [4.69, 9.17) is 5.11 Å². The van der Waals surface area contributed by atoms with Gasteiger partial charge in [-0.1, -0.05) is 12.1 Å². The molecular formula is C19H28N2O3. The van der Waals surface area contributed by atoms with Crippen LogP contribution in [0.5, 0.6) is 0 Å². The molecule has 5 heteroatoms. The highest BCUT2D eigenvalue weighted by Crippen LogP contribution is 2.35. The van der Waals surface area contributed by atoms with E-state index >= 15 is 0 Å². The number of likely N-dealkylation sites (tertiary alicyclic amines) is 1. The molecule has 1 saturated carbocycles. The third-order valence-electron chi connectivity index (χ3n) is 5.19. The number of nitrogens with zero attached hydrogens (tertiary/aromatic N) is 1. The highest BCUT2D eigenvalue weighted by atomic mass is 16.3. The zero-order valence-corrected chi connectivity index (χ0v) is 14.4. The van der Waals surface area contributed by atoms with Gasteiger partial charge in [-0.25, -0.2) is 0 Å². The lowest BCUT2D eigenvalue weighted by Gasteiger charge is -2.32. The van der Waals surface area contributed by atoms with Crippen LogP contribution in [0.4, 0.5) is 5.69 Å². The highest BCUT2D eigenvalue weighted by molar-refractivity contribution is 5.81. The van der Waals surface area contributed by atoms with E-state index in [1.807, 2.05) is 4.90 Å². The molecule has 3 rings (SSSR count). The van der Waals surface area contributed by atoms with E-state index in [1.54, 1.807) is 0 Å². The fourth-order valence-electron chi connectivity index (χ4n) is 3.45. The predicted octanol–water partition coefficient (Wildman–Crippen LogP) is 1.88. The summed E-state index contributed by atoms with van der Waals surface area (Å²) in [5.41, 5.74) is 3.47. The SMILES string of the molecule is Cc1cc(C2CCN(C(=O)C3CC3)CC2)ccc1NCC(O)CO. The van der Waals surface area contributed by atoms with Gasteiger partial charge in [-0.15, -0.1) is 0 Å². The molecule has 5 nitrogen and oxygen atoms in total. The van der Waals surface area contributed by atoms with E-state index in [-0.39, 0.29) is 6.61 Å². The molecule has 2 aliphatic rings. The number of hydrogen-bond donors (Lipinski definition) is 3. The molecular weight excluding hydrogens is 304 g/mol. The van der Waals surface area contributed by atoms with Crippen LogP contribution in [-0.2, 0) is 4.79 Å². The number of anilines is 1. The number of hydrogen-bond acceptors (Lipinski definition) is 4. The molecule has 0 bridgehead atoms. The van der Waals surface area contributed by atoms with Crippen LogP contribution in [0.3, 0.4) is 0 Å². The average molecular weight is 332 g/mol. The number of aliphatic hydroxyl groups is 2. The number of nitrogens with one attached hydrogen (secondary N) is 1. The molecule has 1 heterocycles. The van der Waals surface area contributed by atoms with Crippen LogP contribution < -0.4 is 5.32 Å². The Bertz CT molecular complexity index is 578. The largest absolute Gasteiger partial charge is 0.394 e. The first-order chi connectivity index (χ1) is 11.6. The Morgan fingerprint density at radius 3 is 2.58 bits per heavy atom. The van der Waals surface area contributed by atoms with Crippen LogP contribution in [0.1, 0.15) is 42.7 Å². The topological polar surface area (TPSA) is 72.8 Å². The van der Waals surface area contributed by atoms with Crippen molar-refractivity contribution in [3.8, 4) is 0 Å². The van der Waals surface area contributed by atoms with Crippen LogP contribution in [0.25, 0.3) is 0 Å². The number of piperidine rings is 1. The molecule has 0 spiro atoms. The summed E-state index contributed by atoms with van der Waals surface area (Å²) in [4.78, 5) is 14.2. The summed E-state index contributed by atoms with van der Waals surface area (Å²) >= 11 is 0. The molecule has 132 valence electrons. The summed E-state index contributed by atoms with van der Waals surface area (Å²) in [5.74, 6) is 1.21. The van der Waals surface area contributed by atoms with Gasteiger partial charge >= 0.3 is 0 Å². The zero-order valence-electron chi connectivity index (χ0n) is 14.4. The lowest BCUT2D eigenvalue weighted by molar-refractivity contribution is -0.133. The second kappa shape index (κ2) is 7.53. The van der Waals surface area contributed by atoms with Crippen LogP contribution in [0.15, 0.2) is 18.2 Å². The summed E-state index contributed by atoms with van der Waals surface area (Å²) in [6, 6.07) is 6.40. The van der Waals surface area contributed by atoms with Crippen molar-refractivity contribution in [3.63, 3.8) is 0 Å². The smallest absolute Gasteiger partial charge is 0.225 e. The van der Waals surface area contributed by atoms with Gasteiger partial charge in [0.15, 0.2) is 0 Å². The van der Waals surface area contributed by atoms with Crippen molar-refractivity contribution in [2.45, 2.75) is 44.6 Å². The summed E-state index contributed by atoms with van der Waals surface area (Å²) < 4.78 is 0. The number of carbonyl (C=O) groups is 1. The maximum absolute atomic E-state index is 12.1. The van der Waals surface area contributed by atoms with E-state index in [9.17, 15) is 9.90 Å². The first kappa shape index (κ1) is 17.2. The minimum absolute atomic E-state index is 0.234. The molecule has 1 aliphatic carbocycles. The summed E-state index contributed by atoms with van der Waals surface area (Å²) in [6.45, 7) is 3.92. The standard InChI is InChI=1S/C19H28N2O3/c1-13-10-16(4-5-18(13)20-11-17(23)12-22)14-6-8-21(9-7-14)19(24)15-2-3-15/h4-5,10,14-15,17,20,22-23H,2-3,6-9,11-12H2,1H3. The molecule has 1 atom stereocenters. The van der Waals surface area contributed by atoms with Gasteiger partial charge in [-0.3, -0.25) is 4.79 Å². The highest BCUT2D eigenvalue weighted by Gasteiger charge is 2.35. The predicted molar refractivity (Wildman–Crippen MR) is 94.0 cm³/mol. The van der Waals surface area contributed by atoms with Gasteiger partial charge in [0.05, 0.1) is 12.7 Å². The Hall–Kier alpha value is -1.59. The van der Waals surface area contributed by atoms with E-state index < -0.39 is 6.10 Å². The first-order valence-corrected chi connectivity index (χ1v) is 9.00. The molecule has 3 N–H and O–H groups in total. The quantitative estimate of drug-likeness (QED) is 0.744. The summed E-state index contributed by atoms with van der Waals surface area (Å²) in [6.07, 6.45) is 3.49. The molecule has 0 aromatic heterocycles. The van der Waals surface area contributed by atoms with Crippen molar-refractivity contribution >= 4 is 11.6 Å². The van der Waals surface area contributed by atoms with Gasteiger partial charge in [-0.05, 0) is 55.7 Å². The van der Waals surface area contributed by atoms with Crippen LogP contribution in [0.2, 0.25) is 0 Å². The van der Waals surface area contributed by atoms with E-state index in [1.165, 1.54) is 5.56 Å². The van der Waals surface area contributed by atoms with Crippen molar-refractivity contribution in [3.05, 3.63) is 29.3 Å². The minimum atomic E-state index is -0.739. The monoisotopic (exact) mass is 332 g/mol. The third-order valence-corrected chi connectivity index (χ3v) is 5.19. The molecule has 1 aromatic carbocycles. The first-order valence-electron chi connectivity index (χ1n) is 9.00. The Kier molecular flexibility index (Phi) is 5.41. The van der Waals surface area contributed by atoms with Gasteiger partial charge in [0.2, 0.25) is 5.91 Å². The maximum atomic E-state index is 12.1. The number of carbonyl (C=O) groups excluding carboxylic acids is 1. The molecule has 1 saturated heterocycles. The Labute approximate surface area is 143 Å². The number of benzene rings is 1. The lowest BCUT2D eigenvalue weighted by atomic mass is 9.88. The van der Waals surface area contributed by atoms with Crippen molar-refractivity contribution < 1.29 is 15.0 Å². The van der Waals surface area contributed by atoms with Gasteiger partial charge in [-0.2, -0.15) is 0 Å². The van der Waals surface area contributed by atoms with E-state index in [2.05, 4.69) is 30.4 Å². The van der Waals surface area contributed by atoms with Crippen molar-refractivity contribution in [1.82, 2.24) is 4.90 Å². The van der Waals surface area contributed by atoms with Crippen LogP contribution in [0, 0.1) is 12.8 Å². The van der Waals surface area contributed by atoms with E-state index in [0.29, 0.717) is 24.3 Å². The zero-order chi connectivity index (χ0) is 17.1. The van der Waals surface area contributed by atoms with E-state index in [0.717, 1.165) is 50.0 Å². The lowest BCUT2D eigenvalue weighted by Crippen LogP contribution is -2.38. The van der Waals surface area contributed by atoms with Gasteiger partial charge in [0, 0.05) is 31.2 Å². The molecule has 1 aliphatic heterocycles. The van der Waals surface area contributed by atoms with Gasteiger partial charge in [0.1, 0.15) is 0 Å². The van der Waals surface area contributed by atoms with Crippen molar-refractivity contribution in [1.29, 1.82) is 0 Å². The van der Waals surface area contributed by atoms with Gasteiger partial charge in [0.25, 0.3) is 0 Å². The van der Waals surface area contributed by atoms with Crippen LogP contribution in [-0.4, -0.2) is 53.4 Å². The maximum Gasteiger partial charge on any atom is 0.225 e. The third kappa shape index (κ3) is 4.08. The molecule has 2 fully saturated rings. The number of aliphatic hydroxyl groups excluding tert-OH is 2. The number of aryl methyl sites for hydroxylation is 1. The Morgan fingerprint density at radius 1 is 1.29 bits per heavy atom. The fraction of sp³-hybridized carbons (Fsp3) is 0.632. The second-order valence-corrected chi connectivity index (χ2v) is 7.17. The molecule has 24 heavy (non-hydrogen) atoms. The minimum Gasteiger partial charge on any atom is -0.394 e. The molecule has 1 unspecified atom stereocenters. The fourth-order valence-corrected chi connectivity index (χ4v) is 3.45. The second-order valence-electron chi connectivity index (χ2n) is 7.17. The Morgan fingerprint density at radius 2 is 2.00 bits per heavy atom. The number of amides is 1. The average Bonchev–Trinajstić information content (AvgIpc) is 3.45. The van der Waals surface area contributed by atoms with Gasteiger partial charge < -0.3 is 20.4 Å².